The molecule has 0 aliphatic carbocycles. The Labute approximate surface area is 214 Å². The van der Waals surface area contributed by atoms with Crippen LogP contribution < -0.4 is 9.80 Å². The highest BCUT2D eigenvalue weighted by Gasteiger charge is 2.23. The lowest BCUT2D eigenvalue weighted by Gasteiger charge is -2.25. The zero-order valence-corrected chi connectivity index (χ0v) is 22.2. The number of aliphatic imine (C=N–C) groups is 1. The molecule has 0 N–H and O–H groups in total. The van der Waals surface area contributed by atoms with Crippen LogP contribution in [0.4, 0.5) is 11.4 Å². The van der Waals surface area contributed by atoms with Crippen LogP contribution in [0.2, 0.25) is 5.28 Å². The zero-order chi connectivity index (χ0) is 24.8. The van der Waals surface area contributed by atoms with Crippen LogP contribution in [0.1, 0.15) is 70.3 Å². The first-order chi connectivity index (χ1) is 17.1. The molecular formula is C28H37ClN6. The maximum absolute atomic E-state index is 6.54. The molecule has 0 atom stereocenters. The van der Waals surface area contributed by atoms with Gasteiger partial charge in [-0.3, -0.25) is 9.56 Å². The molecule has 0 saturated carbocycles. The van der Waals surface area contributed by atoms with Gasteiger partial charge < -0.3 is 9.80 Å². The second-order valence-electron chi connectivity index (χ2n) is 9.11. The number of anilines is 2. The number of aromatic nitrogens is 3. The van der Waals surface area contributed by atoms with E-state index in [0.717, 1.165) is 80.2 Å². The second kappa shape index (κ2) is 11.7. The Morgan fingerprint density at radius 2 is 1.34 bits per heavy atom. The van der Waals surface area contributed by atoms with Gasteiger partial charge in [-0.25, -0.2) is 0 Å². The molecule has 1 aliphatic rings. The van der Waals surface area contributed by atoms with Gasteiger partial charge in [0.05, 0.1) is 11.4 Å². The number of halogens is 1. The average Bonchev–Trinajstić information content (AvgIpc) is 3.15. The number of rotatable bonds is 11. The highest BCUT2D eigenvalue weighted by molar-refractivity contribution is 6.29. The summed E-state index contributed by atoms with van der Waals surface area (Å²) in [6, 6.07) is 15.4. The summed E-state index contributed by atoms with van der Waals surface area (Å²) in [4.78, 5) is 9.88. The predicted molar refractivity (Wildman–Crippen MR) is 148 cm³/mol. The Hall–Kier alpha value is -2.86. The van der Waals surface area contributed by atoms with Gasteiger partial charge in [0, 0.05) is 48.7 Å². The number of hydrogen-bond acceptors (Lipinski definition) is 5. The van der Waals surface area contributed by atoms with Crippen LogP contribution in [-0.4, -0.2) is 46.7 Å². The summed E-state index contributed by atoms with van der Waals surface area (Å²) in [6.07, 6.45) is 4.47. The van der Waals surface area contributed by atoms with Crippen molar-refractivity contribution >= 4 is 28.7 Å². The standard InChI is InChI=1S/C28H37ClN6/c1-5-15-33(16-6-2)22-11-9-21(10-12-22)27-24-14-13-23(34(17-7-3)18-8-4)19-25(24)35-26(20-30-27)31-32-28(35)29/h9-14,19H,5-8,15-18,20H2,1-4H3. The Morgan fingerprint density at radius 3 is 1.94 bits per heavy atom. The van der Waals surface area contributed by atoms with Crippen molar-refractivity contribution in [3.63, 3.8) is 0 Å². The van der Waals surface area contributed by atoms with Crippen LogP contribution in [-0.2, 0) is 6.54 Å². The molecule has 0 fully saturated rings. The first-order valence-corrected chi connectivity index (χ1v) is 13.4. The molecule has 0 bridgehead atoms. The quantitative estimate of drug-likeness (QED) is 0.305. The van der Waals surface area contributed by atoms with E-state index in [2.05, 4.69) is 90.2 Å². The summed E-state index contributed by atoms with van der Waals surface area (Å²) in [5, 5.41) is 8.83. The molecule has 0 radical (unpaired) electrons. The normalized spacial score (nSPS) is 12.5. The van der Waals surface area contributed by atoms with Gasteiger partial charge in [-0.1, -0.05) is 39.8 Å². The van der Waals surface area contributed by atoms with E-state index in [1.807, 2.05) is 4.57 Å². The first-order valence-electron chi connectivity index (χ1n) is 13.0. The third kappa shape index (κ3) is 5.37. The average molecular weight is 493 g/mol. The predicted octanol–water partition coefficient (Wildman–Crippen LogP) is 6.52. The van der Waals surface area contributed by atoms with Crippen LogP contribution in [0, 0.1) is 0 Å². The van der Waals surface area contributed by atoms with Gasteiger partial charge in [0.2, 0.25) is 5.28 Å². The van der Waals surface area contributed by atoms with E-state index in [4.69, 9.17) is 16.6 Å². The van der Waals surface area contributed by atoms with Crippen molar-refractivity contribution in [2.75, 3.05) is 36.0 Å². The lowest BCUT2D eigenvalue weighted by atomic mass is 9.99. The number of hydrogen-bond donors (Lipinski definition) is 0. The van der Waals surface area contributed by atoms with E-state index in [1.165, 1.54) is 11.4 Å². The fourth-order valence-electron chi connectivity index (χ4n) is 4.87. The largest absolute Gasteiger partial charge is 0.372 e. The van der Waals surface area contributed by atoms with Crippen molar-refractivity contribution in [2.24, 2.45) is 4.99 Å². The zero-order valence-electron chi connectivity index (χ0n) is 21.5. The molecule has 2 aromatic carbocycles. The summed E-state index contributed by atoms with van der Waals surface area (Å²) in [5.41, 5.74) is 6.56. The van der Waals surface area contributed by atoms with Crippen LogP contribution in [0.3, 0.4) is 0 Å². The van der Waals surface area contributed by atoms with Crippen molar-refractivity contribution in [1.82, 2.24) is 14.8 Å². The summed E-state index contributed by atoms with van der Waals surface area (Å²) in [5.74, 6) is 0.759. The minimum absolute atomic E-state index is 0.373. The van der Waals surface area contributed by atoms with E-state index in [-0.39, 0.29) is 0 Å². The molecule has 4 rings (SSSR count). The minimum atomic E-state index is 0.373. The monoisotopic (exact) mass is 492 g/mol. The van der Waals surface area contributed by atoms with Crippen LogP contribution in [0.25, 0.3) is 5.69 Å². The van der Waals surface area contributed by atoms with Gasteiger partial charge in [-0.05, 0) is 67.6 Å². The third-order valence-corrected chi connectivity index (χ3v) is 6.64. The summed E-state index contributed by atoms with van der Waals surface area (Å²) < 4.78 is 1.95. The van der Waals surface area contributed by atoms with E-state index >= 15 is 0 Å². The minimum Gasteiger partial charge on any atom is -0.372 e. The van der Waals surface area contributed by atoms with E-state index < -0.39 is 0 Å². The smallest absolute Gasteiger partial charge is 0.229 e. The van der Waals surface area contributed by atoms with Crippen molar-refractivity contribution in [3.05, 3.63) is 64.7 Å². The van der Waals surface area contributed by atoms with Gasteiger partial charge in [0.15, 0.2) is 5.82 Å². The van der Waals surface area contributed by atoms with E-state index in [1.54, 1.807) is 0 Å². The lowest BCUT2D eigenvalue weighted by molar-refractivity contribution is 0.744. The number of fused-ring (bicyclic) bond motifs is 3. The molecule has 0 amide bonds. The lowest BCUT2D eigenvalue weighted by Crippen LogP contribution is -2.25. The molecular weight excluding hydrogens is 456 g/mol. The molecule has 1 aromatic heterocycles. The Kier molecular flexibility index (Phi) is 8.45. The number of nitrogens with zero attached hydrogens (tertiary/aromatic N) is 6. The van der Waals surface area contributed by atoms with Gasteiger partial charge >= 0.3 is 0 Å². The molecule has 6 nitrogen and oxygen atoms in total. The Balaban J connectivity index is 1.76. The van der Waals surface area contributed by atoms with Gasteiger partial charge in [-0.2, -0.15) is 0 Å². The van der Waals surface area contributed by atoms with Crippen molar-refractivity contribution < 1.29 is 0 Å². The number of benzene rings is 2. The van der Waals surface area contributed by atoms with E-state index in [9.17, 15) is 0 Å². The van der Waals surface area contributed by atoms with E-state index in [0.29, 0.717) is 11.8 Å². The molecule has 0 saturated heterocycles. The van der Waals surface area contributed by atoms with Crippen molar-refractivity contribution in [1.29, 1.82) is 0 Å². The molecule has 3 aromatic rings. The fourth-order valence-corrected chi connectivity index (χ4v) is 5.10. The van der Waals surface area contributed by atoms with Gasteiger partial charge in [-0.15, -0.1) is 10.2 Å². The maximum Gasteiger partial charge on any atom is 0.229 e. The molecule has 0 spiro atoms. The van der Waals surface area contributed by atoms with Crippen molar-refractivity contribution in [3.8, 4) is 5.69 Å². The summed E-state index contributed by atoms with van der Waals surface area (Å²) in [7, 11) is 0. The van der Waals surface area contributed by atoms with Crippen LogP contribution in [0.5, 0.6) is 0 Å². The first kappa shape index (κ1) is 25.2. The highest BCUT2D eigenvalue weighted by atomic mass is 35.5. The molecule has 7 heteroatoms. The van der Waals surface area contributed by atoms with Crippen molar-refractivity contribution in [2.45, 2.75) is 59.9 Å². The fraction of sp³-hybridized carbons (Fsp3) is 0.464. The summed E-state index contributed by atoms with van der Waals surface area (Å²) in [6.45, 7) is 13.5. The molecule has 2 heterocycles. The topological polar surface area (TPSA) is 49.6 Å². The SMILES string of the molecule is CCCN(CCC)c1ccc(C2=NCc3nnc(Cl)n3-c3cc(N(CCC)CCC)ccc32)cc1. The molecule has 1 aliphatic heterocycles. The van der Waals surface area contributed by atoms with Gasteiger partial charge in [0.1, 0.15) is 6.54 Å². The molecule has 0 unspecified atom stereocenters. The molecule has 35 heavy (non-hydrogen) atoms. The Morgan fingerprint density at radius 1 is 0.771 bits per heavy atom. The van der Waals surface area contributed by atoms with Gasteiger partial charge in [0.25, 0.3) is 0 Å². The Bertz CT molecular complexity index is 1140. The van der Waals surface area contributed by atoms with Crippen LogP contribution >= 0.6 is 11.6 Å². The maximum atomic E-state index is 6.54. The third-order valence-electron chi connectivity index (χ3n) is 6.39. The molecule has 186 valence electrons. The second-order valence-corrected chi connectivity index (χ2v) is 9.45. The van der Waals surface area contributed by atoms with Crippen LogP contribution in [0.15, 0.2) is 47.5 Å². The highest BCUT2D eigenvalue weighted by Crippen LogP contribution is 2.31. The summed E-state index contributed by atoms with van der Waals surface area (Å²) >= 11 is 6.54.